The van der Waals surface area contributed by atoms with Gasteiger partial charge in [-0.2, -0.15) is 4.40 Å². The zero-order valence-corrected chi connectivity index (χ0v) is 13.4. The lowest BCUT2D eigenvalue weighted by molar-refractivity contribution is 0.651. The standard InChI is InChI=1S/C14H16ClN3OS/c1-9-12-8-17-13(15)5-11(12)10(6-16-9)7-18-20(19)14(2,3)4/h5-8H,1-4H3/b18-7+/t20-/m0/s1. The van der Waals surface area contributed by atoms with Gasteiger partial charge in [0.1, 0.15) is 16.1 Å². The van der Waals surface area contributed by atoms with Gasteiger partial charge in [0.05, 0.1) is 4.75 Å². The van der Waals surface area contributed by atoms with E-state index in [4.69, 9.17) is 11.6 Å². The largest absolute Gasteiger partial charge is 0.260 e. The Morgan fingerprint density at radius 3 is 2.60 bits per heavy atom. The number of aryl methyl sites for hydroxylation is 1. The molecule has 2 aromatic heterocycles. The van der Waals surface area contributed by atoms with Crippen LogP contribution in [0.15, 0.2) is 22.9 Å². The summed E-state index contributed by atoms with van der Waals surface area (Å²) in [5.41, 5.74) is 1.66. The predicted molar refractivity (Wildman–Crippen MR) is 84.8 cm³/mol. The van der Waals surface area contributed by atoms with Crippen LogP contribution < -0.4 is 0 Å². The molecule has 0 N–H and O–H groups in total. The van der Waals surface area contributed by atoms with E-state index in [1.54, 1.807) is 24.7 Å². The van der Waals surface area contributed by atoms with Gasteiger partial charge in [0, 0.05) is 35.3 Å². The highest BCUT2D eigenvalue weighted by molar-refractivity contribution is 7.85. The van der Waals surface area contributed by atoms with E-state index in [-0.39, 0.29) is 4.75 Å². The summed E-state index contributed by atoms with van der Waals surface area (Å²) >= 11 is 5.94. The average molecular weight is 310 g/mol. The van der Waals surface area contributed by atoms with Crippen molar-refractivity contribution in [2.24, 2.45) is 4.40 Å². The average Bonchev–Trinajstić information content (AvgIpc) is 2.36. The fourth-order valence-corrected chi connectivity index (χ4v) is 2.31. The molecule has 0 bridgehead atoms. The van der Waals surface area contributed by atoms with Crippen molar-refractivity contribution in [1.82, 2.24) is 9.97 Å². The molecule has 0 aliphatic carbocycles. The zero-order chi connectivity index (χ0) is 14.9. The molecule has 0 fully saturated rings. The number of hydrogen-bond acceptors (Lipinski definition) is 3. The van der Waals surface area contributed by atoms with Crippen molar-refractivity contribution >= 4 is 39.6 Å². The molecule has 0 aliphatic rings. The third kappa shape index (κ3) is 3.22. The predicted octanol–water partition coefficient (Wildman–Crippen LogP) is 3.47. The summed E-state index contributed by atoms with van der Waals surface area (Å²) in [6.45, 7) is 7.55. The Morgan fingerprint density at radius 1 is 1.25 bits per heavy atom. The minimum Gasteiger partial charge on any atom is -0.260 e. The minimum absolute atomic E-state index is 0.385. The second kappa shape index (κ2) is 5.58. The summed E-state index contributed by atoms with van der Waals surface area (Å²) in [7, 11) is -1.30. The van der Waals surface area contributed by atoms with E-state index in [1.807, 2.05) is 27.7 Å². The Balaban J connectivity index is 2.51. The van der Waals surface area contributed by atoms with Gasteiger partial charge in [-0.25, -0.2) is 9.19 Å². The third-order valence-electron chi connectivity index (χ3n) is 2.78. The molecule has 0 spiro atoms. The van der Waals surface area contributed by atoms with E-state index < -0.39 is 11.0 Å². The van der Waals surface area contributed by atoms with Gasteiger partial charge in [0.25, 0.3) is 0 Å². The Kier molecular flexibility index (Phi) is 4.20. The zero-order valence-electron chi connectivity index (χ0n) is 11.8. The van der Waals surface area contributed by atoms with Crippen molar-refractivity contribution in [2.75, 3.05) is 0 Å². The van der Waals surface area contributed by atoms with Crippen LogP contribution in [-0.2, 0) is 11.0 Å². The van der Waals surface area contributed by atoms with Gasteiger partial charge < -0.3 is 0 Å². The molecule has 2 aromatic rings. The monoisotopic (exact) mass is 309 g/mol. The molecule has 1 atom stereocenters. The number of nitrogens with zero attached hydrogens (tertiary/aromatic N) is 3. The Morgan fingerprint density at radius 2 is 1.95 bits per heavy atom. The summed E-state index contributed by atoms with van der Waals surface area (Å²) in [5, 5.41) is 2.24. The second-order valence-corrected chi connectivity index (χ2v) is 7.77. The SMILES string of the molecule is Cc1ncc(/C=N/[S@@](=O)C(C)(C)C)c2cc(Cl)ncc12. The van der Waals surface area contributed by atoms with Crippen molar-refractivity contribution in [3.05, 3.63) is 34.9 Å². The number of aromatic nitrogens is 2. The second-order valence-electron chi connectivity index (χ2n) is 5.45. The molecule has 0 unspecified atom stereocenters. The van der Waals surface area contributed by atoms with E-state index in [0.29, 0.717) is 5.15 Å². The van der Waals surface area contributed by atoms with Crippen LogP contribution in [0.4, 0.5) is 0 Å². The maximum Gasteiger partial charge on any atom is 0.144 e. The summed E-state index contributed by atoms with van der Waals surface area (Å²) < 4.78 is 15.7. The normalized spacial score (nSPS) is 14.1. The van der Waals surface area contributed by atoms with E-state index in [2.05, 4.69) is 14.4 Å². The molecule has 20 heavy (non-hydrogen) atoms. The van der Waals surface area contributed by atoms with E-state index in [1.165, 1.54) is 0 Å². The molecule has 106 valence electrons. The maximum atomic E-state index is 12.0. The highest BCUT2D eigenvalue weighted by atomic mass is 35.5. The van der Waals surface area contributed by atoms with Crippen LogP contribution in [0.2, 0.25) is 5.15 Å². The Labute approximate surface area is 125 Å². The Hall–Kier alpha value is -1.33. The third-order valence-corrected chi connectivity index (χ3v) is 4.33. The van der Waals surface area contributed by atoms with E-state index in [0.717, 1.165) is 22.0 Å². The van der Waals surface area contributed by atoms with Gasteiger partial charge in [-0.1, -0.05) is 11.6 Å². The van der Waals surface area contributed by atoms with Gasteiger partial charge in [-0.05, 0) is 39.1 Å². The molecule has 0 amide bonds. The lowest BCUT2D eigenvalue weighted by Crippen LogP contribution is -2.19. The number of fused-ring (bicyclic) bond motifs is 1. The molecule has 2 heterocycles. The van der Waals surface area contributed by atoms with Gasteiger partial charge in [0.2, 0.25) is 0 Å². The van der Waals surface area contributed by atoms with Crippen LogP contribution in [0.5, 0.6) is 0 Å². The van der Waals surface area contributed by atoms with Gasteiger partial charge in [0.15, 0.2) is 0 Å². The first kappa shape index (κ1) is 15.1. The molecule has 6 heteroatoms. The summed E-state index contributed by atoms with van der Waals surface area (Å²) in [5.74, 6) is 0. The summed E-state index contributed by atoms with van der Waals surface area (Å²) in [6.07, 6.45) is 4.99. The van der Waals surface area contributed by atoms with Crippen molar-refractivity contribution in [3.8, 4) is 0 Å². The highest BCUT2D eigenvalue weighted by Crippen LogP contribution is 2.22. The molecular weight excluding hydrogens is 294 g/mol. The topological polar surface area (TPSA) is 55.2 Å². The fraction of sp³-hybridized carbons (Fsp3) is 0.357. The first-order valence-corrected chi connectivity index (χ1v) is 7.64. The Bertz CT molecular complexity index is 707. The van der Waals surface area contributed by atoms with Crippen LogP contribution in [0, 0.1) is 6.92 Å². The van der Waals surface area contributed by atoms with Gasteiger partial charge in [-0.15, -0.1) is 0 Å². The highest BCUT2D eigenvalue weighted by Gasteiger charge is 2.18. The van der Waals surface area contributed by atoms with Gasteiger partial charge >= 0.3 is 0 Å². The number of pyridine rings is 2. The fourth-order valence-electron chi connectivity index (χ4n) is 1.63. The van der Waals surface area contributed by atoms with Crippen LogP contribution in [0.1, 0.15) is 32.0 Å². The smallest absolute Gasteiger partial charge is 0.144 e. The van der Waals surface area contributed by atoms with Crippen molar-refractivity contribution in [1.29, 1.82) is 0 Å². The lowest BCUT2D eigenvalue weighted by Gasteiger charge is -2.12. The summed E-state index contributed by atoms with van der Waals surface area (Å²) in [4.78, 5) is 8.37. The van der Waals surface area contributed by atoms with Gasteiger partial charge in [-0.3, -0.25) is 4.98 Å². The van der Waals surface area contributed by atoms with Crippen LogP contribution in [0.3, 0.4) is 0 Å². The molecule has 0 saturated carbocycles. The molecule has 0 radical (unpaired) electrons. The number of rotatable bonds is 2. The summed E-state index contributed by atoms with van der Waals surface area (Å²) in [6, 6.07) is 1.77. The first-order valence-electron chi connectivity index (χ1n) is 6.16. The molecule has 0 aliphatic heterocycles. The molecule has 0 aromatic carbocycles. The minimum atomic E-state index is -1.30. The lowest BCUT2D eigenvalue weighted by atomic mass is 10.1. The maximum absolute atomic E-state index is 12.0. The number of halogens is 1. The molecule has 0 saturated heterocycles. The van der Waals surface area contributed by atoms with Crippen LogP contribution in [-0.4, -0.2) is 25.1 Å². The molecule has 2 rings (SSSR count). The van der Waals surface area contributed by atoms with Crippen molar-refractivity contribution < 1.29 is 4.21 Å². The van der Waals surface area contributed by atoms with Crippen molar-refractivity contribution in [3.63, 3.8) is 0 Å². The number of hydrogen-bond donors (Lipinski definition) is 0. The van der Waals surface area contributed by atoms with E-state index in [9.17, 15) is 4.21 Å². The first-order chi connectivity index (χ1) is 9.29. The van der Waals surface area contributed by atoms with Crippen molar-refractivity contribution in [2.45, 2.75) is 32.4 Å². The van der Waals surface area contributed by atoms with Crippen LogP contribution >= 0.6 is 11.6 Å². The molecular formula is C14H16ClN3OS. The van der Waals surface area contributed by atoms with Crippen LogP contribution in [0.25, 0.3) is 10.8 Å². The van der Waals surface area contributed by atoms with E-state index >= 15 is 0 Å². The quantitative estimate of drug-likeness (QED) is 0.630. The molecule has 4 nitrogen and oxygen atoms in total.